The van der Waals surface area contributed by atoms with E-state index in [2.05, 4.69) is 4.98 Å². The largest absolute Gasteiger partial charge is 0.478 e. The van der Waals surface area contributed by atoms with Gasteiger partial charge < -0.3 is 9.67 Å². The van der Waals surface area contributed by atoms with Gasteiger partial charge in [0.2, 0.25) is 5.82 Å². The minimum absolute atomic E-state index is 0.0128. The molecule has 2 aromatic rings. The van der Waals surface area contributed by atoms with Crippen molar-refractivity contribution in [1.82, 2.24) is 9.55 Å². The Morgan fingerprint density at radius 3 is 2.67 bits per heavy atom. The Kier molecular flexibility index (Phi) is 4.18. The number of hydrogen-bond acceptors (Lipinski definition) is 3. The van der Waals surface area contributed by atoms with Crippen LogP contribution in [-0.4, -0.2) is 32.6 Å². The van der Waals surface area contributed by atoms with Crippen molar-refractivity contribution in [3.05, 3.63) is 29.6 Å². The molecule has 1 unspecified atom stereocenters. The van der Waals surface area contributed by atoms with Crippen LogP contribution in [0.25, 0.3) is 11.0 Å². The van der Waals surface area contributed by atoms with Crippen molar-refractivity contribution in [3.8, 4) is 0 Å². The van der Waals surface area contributed by atoms with Crippen molar-refractivity contribution in [2.45, 2.75) is 19.1 Å². The van der Waals surface area contributed by atoms with E-state index in [1.54, 1.807) is 13.2 Å². The molecule has 0 aliphatic heterocycles. The first kappa shape index (κ1) is 15.7. The van der Waals surface area contributed by atoms with Gasteiger partial charge in [-0.05, 0) is 25.3 Å². The van der Waals surface area contributed by atoms with Gasteiger partial charge >= 0.3 is 12.1 Å². The molecule has 114 valence electrons. The molecule has 0 saturated heterocycles. The van der Waals surface area contributed by atoms with Crippen molar-refractivity contribution in [3.63, 3.8) is 0 Å². The third kappa shape index (κ3) is 2.85. The van der Waals surface area contributed by atoms with E-state index >= 15 is 0 Å². The van der Waals surface area contributed by atoms with Crippen LogP contribution < -0.4 is 0 Å². The van der Waals surface area contributed by atoms with Gasteiger partial charge in [-0.15, -0.1) is 0 Å². The van der Waals surface area contributed by atoms with E-state index in [9.17, 15) is 23.1 Å². The summed E-state index contributed by atoms with van der Waals surface area (Å²) in [5.74, 6) is -1.91. The number of para-hydroxylation sites is 1. The molecular weight excluding hydrogens is 305 g/mol. The fourth-order valence-corrected chi connectivity index (χ4v) is 2.90. The van der Waals surface area contributed by atoms with E-state index in [1.165, 1.54) is 30.0 Å². The third-order valence-corrected chi connectivity index (χ3v) is 3.86. The Bertz CT molecular complexity index is 682. The van der Waals surface area contributed by atoms with Gasteiger partial charge in [0.25, 0.3) is 0 Å². The van der Waals surface area contributed by atoms with E-state index < -0.39 is 24.0 Å². The maximum absolute atomic E-state index is 13.2. The summed E-state index contributed by atoms with van der Waals surface area (Å²) in [4.78, 5) is 14.9. The molecule has 0 fully saturated rings. The van der Waals surface area contributed by atoms with Crippen LogP contribution in [0.3, 0.4) is 0 Å². The molecule has 8 heteroatoms. The molecule has 0 bridgehead atoms. The number of alkyl halides is 3. The lowest BCUT2D eigenvalue weighted by Crippen LogP contribution is -2.19. The average Bonchev–Trinajstić information content (AvgIpc) is 2.77. The van der Waals surface area contributed by atoms with E-state index in [-0.39, 0.29) is 16.6 Å². The maximum Gasteiger partial charge on any atom is 0.449 e. The summed E-state index contributed by atoms with van der Waals surface area (Å²) in [5, 5.41) is 9.20. The van der Waals surface area contributed by atoms with Gasteiger partial charge in [-0.1, -0.05) is 6.07 Å². The van der Waals surface area contributed by atoms with E-state index in [0.717, 1.165) is 4.57 Å². The Morgan fingerprint density at radius 1 is 1.48 bits per heavy atom. The van der Waals surface area contributed by atoms with Crippen molar-refractivity contribution in [1.29, 1.82) is 0 Å². The molecule has 0 amide bonds. The Labute approximate surface area is 123 Å². The van der Waals surface area contributed by atoms with Crippen LogP contribution in [0.4, 0.5) is 13.2 Å². The second-order valence-corrected chi connectivity index (χ2v) is 5.50. The first-order valence-electron chi connectivity index (χ1n) is 6.07. The summed E-state index contributed by atoms with van der Waals surface area (Å²) in [5.41, 5.74) is -0.127. The second kappa shape index (κ2) is 5.59. The van der Waals surface area contributed by atoms with Crippen LogP contribution >= 0.6 is 11.8 Å². The lowest BCUT2D eigenvalue weighted by atomic mass is 10.1. The first-order valence-corrected chi connectivity index (χ1v) is 7.47. The summed E-state index contributed by atoms with van der Waals surface area (Å²) in [7, 11) is 0. The van der Waals surface area contributed by atoms with Gasteiger partial charge in [0.05, 0.1) is 16.6 Å². The average molecular weight is 318 g/mol. The summed E-state index contributed by atoms with van der Waals surface area (Å²) < 4.78 is 40.5. The molecule has 0 radical (unpaired) electrons. The molecule has 0 saturated carbocycles. The standard InChI is InChI=1S/C13H13F3N2O2S/c1-7(6-21-2)18-10-8(11(19)20)4-3-5-9(10)17-12(18)13(14,15)16/h3-5,7H,6H2,1-2H3,(H,19,20). The van der Waals surface area contributed by atoms with Crippen LogP contribution in [0.15, 0.2) is 18.2 Å². The summed E-state index contributed by atoms with van der Waals surface area (Å²) in [6.45, 7) is 1.62. The number of carboxylic acid groups (broad SMARTS) is 1. The van der Waals surface area contributed by atoms with Gasteiger partial charge in [-0.3, -0.25) is 0 Å². The number of aromatic carboxylic acids is 1. The highest BCUT2D eigenvalue weighted by molar-refractivity contribution is 7.98. The van der Waals surface area contributed by atoms with Crippen LogP contribution in [0.2, 0.25) is 0 Å². The number of nitrogens with zero attached hydrogens (tertiary/aromatic N) is 2. The molecule has 0 aliphatic carbocycles. The first-order chi connectivity index (χ1) is 9.77. The molecule has 1 atom stereocenters. The third-order valence-electron chi connectivity index (χ3n) is 3.04. The summed E-state index contributed by atoms with van der Waals surface area (Å²) >= 11 is 1.39. The molecule has 4 nitrogen and oxygen atoms in total. The number of thioether (sulfide) groups is 1. The predicted molar refractivity (Wildman–Crippen MR) is 74.8 cm³/mol. The lowest BCUT2D eigenvalue weighted by Gasteiger charge is -2.18. The van der Waals surface area contributed by atoms with Gasteiger partial charge in [0, 0.05) is 11.8 Å². The molecule has 1 N–H and O–H groups in total. The number of fused-ring (bicyclic) bond motifs is 1. The van der Waals surface area contributed by atoms with Crippen LogP contribution in [0.5, 0.6) is 0 Å². The maximum atomic E-state index is 13.2. The monoisotopic (exact) mass is 318 g/mol. The van der Waals surface area contributed by atoms with Gasteiger partial charge in [-0.2, -0.15) is 24.9 Å². The molecule has 1 aromatic carbocycles. The van der Waals surface area contributed by atoms with Crippen molar-refractivity contribution >= 4 is 28.8 Å². The van der Waals surface area contributed by atoms with Crippen molar-refractivity contribution < 1.29 is 23.1 Å². The number of hydrogen-bond donors (Lipinski definition) is 1. The number of carboxylic acids is 1. The van der Waals surface area contributed by atoms with Gasteiger partial charge in [0.15, 0.2) is 0 Å². The van der Waals surface area contributed by atoms with Gasteiger partial charge in [-0.25, -0.2) is 9.78 Å². The SMILES string of the molecule is CSCC(C)n1c(C(F)(F)F)nc2cccc(C(=O)O)c21. The highest BCUT2D eigenvalue weighted by Crippen LogP contribution is 2.35. The normalized spacial score (nSPS) is 13.6. The number of benzene rings is 1. The fraction of sp³-hybridized carbons (Fsp3) is 0.385. The summed E-state index contributed by atoms with van der Waals surface area (Å²) in [6, 6.07) is 3.54. The number of carbonyl (C=O) groups is 1. The molecule has 0 spiro atoms. The smallest absolute Gasteiger partial charge is 0.449 e. The molecule has 1 heterocycles. The van der Waals surface area contributed by atoms with Crippen LogP contribution in [0.1, 0.15) is 29.1 Å². The minimum Gasteiger partial charge on any atom is -0.478 e. The second-order valence-electron chi connectivity index (χ2n) is 4.59. The van der Waals surface area contributed by atoms with Crippen molar-refractivity contribution in [2.75, 3.05) is 12.0 Å². The fourth-order valence-electron chi connectivity index (χ4n) is 2.27. The molecule has 1 aromatic heterocycles. The molecule has 21 heavy (non-hydrogen) atoms. The van der Waals surface area contributed by atoms with Crippen LogP contribution in [-0.2, 0) is 6.18 Å². The van der Waals surface area contributed by atoms with E-state index in [0.29, 0.717) is 5.75 Å². The van der Waals surface area contributed by atoms with Crippen LogP contribution in [0, 0.1) is 0 Å². The Hall–Kier alpha value is -1.70. The topological polar surface area (TPSA) is 55.1 Å². The van der Waals surface area contributed by atoms with Gasteiger partial charge in [0.1, 0.15) is 0 Å². The minimum atomic E-state index is -4.64. The number of imidazole rings is 1. The number of halogens is 3. The summed E-state index contributed by atoms with van der Waals surface area (Å²) in [6.07, 6.45) is -2.86. The Balaban J connectivity index is 2.83. The zero-order valence-corrected chi connectivity index (χ0v) is 12.1. The molecular formula is C13H13F3N2O2S. The molecule has 2 rings (SSSR count). The van der Waals surface area contributed by atoms with E-state index in [4.69, 9.17) is 0 Å². The predicted octanol–water partition coefficient (Wildman–Crippen LogP) is 3.68. The van der Waals surface area contributed by atoms with E-state index in [1.807, 2.05) is 0 Å². The lowest BCUT2D eigenvalue weighted by molar-refractivity contribution is -0.147. The zero-order valence-electron chi connectivity index (χ0n) is 11.3. The zero-order chi connectivity index (χ0) is 15.8. The molecule has 0 aliphatic rings. The highest BCUT2D eigenvalue weighted by atomic mass is 32.2. The Morgan fingerprint density at radius 2 is 2.14 bits per heavy atom. The number of rotatable bonds is 4. The van der Waals surface area contributed by atoms with Crippen molar-refractivity contribution in [2.24, 2.45) is 0 Å². The quantitative estimate of drug-likeness (QED) is 0.934. The highest BCUT2D eigenvalue weighted by Gasteiger charge is 2.39. The number of aromatic nitrogens is 2.